The molecule has 0 spiro atoms. The first-order chi connectivity index (χ1) is 6.65. The predicted octanol–water partition coefficient (Wildman–Crippen LogP) is -1.05. The molecular weight excluding hydrogens is 186 g/mol. The van der Waals surface area contributed by atoms with Gasteiger partial charge in [-0.1, -0.05) is 6.92 Å². The average molecular weight is 199 g/mol. The number of aliphatic hydroxyl groups excluding tert-OH is 1. The maximum Gasteiger partial charge on any atom is 0.293 e. The molecule has 7 nitrogen and oxygen atoms in total. The number of aromatic nitrogens is 4. The Bertz CT molecular complexity index is 286. The smallest absolute Gasteiger partial charge is 0.293 e. The van der Waals surface area contributed by atoms with Gasteiger partial charge in [-0.25, -0.2) is 0 Å². The van der Waals surface area contributed by atoms with E-state index < -0.39 is 5.91 Å². The van der Waals surface area contributed by atoms with Gasteiger partial charge >= 0.3 is 0 Å². The Morgan fingerprint density at radius 2 is 2.36 bits per heavy atom. The van der Waals surface area contributed by atoms with Gasteiger partial charge in [-0.15, -0.1) is 10.2 Å². The second-order valence-corrected chi connectivity index (χ2v) is 3.16. The molecule has 78 valence electrons. The highest BCUT2D eigenvalue weighted by Gasteiger charge is 2.17. The Labute approximate surface area is 80.9 Å². The van der Waals surface area contributed by atoms with Crippen LogP contribution in [0.15, 0.2) is 0 Å². The molecule has 7 heteroatoms. The molecular formula is C7H13N5O2. The molecule has 14 heavy (non-hydrogen) atoms. The minimum atomic E-state index is -0.397. The van der Waals surface area contributed by atoms with Crippen LogP contribution in [-0.2, 0) is 0 Å². The Balaban J connectivity index is 2.49. The number of hydrogen-bond donors (Lipinski definition) is 3. The lowest BCUT2D eigenvalue weighted by atomic mass is 10.1. The fourth-order valence-corrected chi connectivity index (χ4v) is 0.830. The van der Waals surface area contributed by atoms with Crippen LogP contribution in [0.5, 0.6) is 0 Å². The fraction of sp³-hybridized carbons (Fsp3) is 0.714. The van der Waals surface area contributed by atoms with Crippen LogP contribution in [0.25, 0.3) is 0 Å². The summed E-state index contributed by atoms with van der Waals surface area (Å²) in [5.41, 5.74) is 0. The first-order valence-electron chi connectivity index (χ1n) is 4.30. The summed E-state index contributed by atoms with van der Waals surface area (Å²) in [7, 11) is 0. The van der Waals surface area contributed by atoms with Crippen LogP contribution < -0.4 is 5.32 Å². The second kappa shape index (κ2) is 4.66. The summed E-state index contributed by atoms with van der Waals surface area (Å²) >= 11 is 0. The van der Waals surface area contributed by atoms with Crippen LogP contribution in [0.2, 0.25) is 0 Å². The molecule has 2 atom stereocenters. The number of nitrogens with zero attached hydrogens (tertiary/aromatic N) is 3. The van der Waals surface area contributed by atoms with E-state index in [1.165, 1.54) is 0 Å². The van der Waals surface area contributed by atoms with Crippen LogP contribution >= 0.6 is 0 Å². The lowest BCUT2D eigenvalue weighted by molar-refractivity contribution is 0.0906. The van der Waals surface area contributed by atoms with Crippen molar-refractivity contribution in [1.82, 2.24) is 25.9 Å². The fourth-order valence-electron chi connectivity index (χ4n) is 0.830. The van der Waals surface area contributed by atoms with E-state index in [4.69, 9.17) is 5.11 Å². The van der Waals surface area contributed by atoms with Crippen molar-refractivity contribution >= 4 is 5.91 Å². The average Bonchev–Trinajstić information content (AvgIpc) is 2.69. The van der Waals surface area contributed by atoms with Crippen molar-refractivity contribution < 1.29 is 9.90 Å². The molecule has 0 saturated carbocycles. The molecule has 0 aromatic carbocycles. The van der Waals surface area contributed by atoms with Crippen molar-refractivity contribution in [1.29, 1.82) is 0 Å². The highest BCUT2D eigenvalue weighted by Crippen LogP contribution is 2.01. The van der Waals surface area contributed by atoms with Crippen molar-refractivity contribution in [2.24, 2.45) is 5.92 Å². The van der Waals surface area contributed by atoms with Gasteiger partial charge in [0.25, 0.3) is 11.7 Å². The van der Waals surface area contributed by atoms with E-state index in [0.29, 0.717) is 0 Å². The van der Waals surface area contributed by atoms with Crippen molar-refractivity contribution in [2.45, 2.75) is 19.9 Å². The number of rotatable bonds is 4. The zero-order chi connectivity index (χ0) is 10.6. The first kappa shape index (κ1) is 10.6. The number of H-pyrrole nitrogens is 1. The molecule has 0 bridgehead atoms. The van der Waals surface area contributed by atoms with Gasteiger partial charge in [0, 0.05) is 12.6 Å². The minimum Gasteiger partial charge on any atom is -0.396 e. The Kier molecular flexibility index (Phi) is 3.52. The number of nitrogens with one attached hydrogen (secondary N) is 2. The zero-order valence-corrected chi connectivity index (χ0v) is 8.06. The second-order valence-electron chi connectivity index (χ2n) is 3.16. The van der Waals surface area contributed by atoms with E-state index in [2.05, 4.69) is 25.9 Å². The largest absolute Gasteiger partial charge is 0.396 e. The number of carbonyl (C=O) groups excluding carboxylic acids is 1. The molecule has 3 N–H and O–H groups in total. The molecule has 0 aliphatic heterocycles. The Hall–Kier alpha value is -1.50. The third-order valence-corrected chi connectivity index (χ3v) is 2.05. The molecule has 1 rings (SSSR count). The van der Waals surface area contributed by atoms with E-state index in [0.717, 1.165) is 0 Å². The van der Waals surface area contributed by atoms with Crippen molar-refractivity contribution in [3.63, 3.8) is 0 Å². The molecule has 0 radical (unpaired) electrons. The summed E-state index contributed by atoms with van der Waals surface area (Å²) in [5.74, 6) is -0.403. The first-order valence-corrected chi connectivity index (χ1v) is 4.30. The summed E-state index contributed by atoms with van der Waals surface area (Å²) < 4.78 is 0. The Morgan fingerprint density at radius 1 is 1.64 bits per heavy atom. The number of carbonyl (C=O) groups is 1. The molecule has 1 amide bonds. The van der Waals surface area contributed by atoms with E-state index in [-0.39, 0.29) is 24.4 Å². The third kappa shape index (κ3) is 2.49. The summed E-state index contributed by atoms with van der Waals surface area (Å²) in [4.78, 5) is 11.4. The van der Waals surface area contributed by atoms with Gasteiger partial charge in [-0.05, 0) is 18.1 Å². The molecule has 0 aliphatic rings. The molecule has 1 aromatic rings. The maximum absolute atomic E-state index is 11.4. The van der Waals surface area contributed by atoms with E-state index in [1.54, 1.807) is 6.92 Å². The van der Waals surface area contributed by atoms with Gasteiger partial charge in [0.05, 0.1) is 0 Å². The summed E-state index contributed by atoms with van der Waals surface area (Å²) in [6, 6.07) is -0.133. The van der Waals surface area contributed by atoms with Gasteiger partial charge < -0.3 is 10.4 Å². The topological polar surface area (TPSA) is 104 Å². The molecule has 1 aromatic heterocycles. The highest BCUT2D eigenvalue weighted by atomic mass is 16.3. The monoisotopic (exact) mass is 199 g/mol. The van der Waals surface area contributed by atoms with E-state index >= 15 is 0 Å². The number of aliphatic hydroxyl groups is 1. The van der Waals surface area contributed by atoms with Crippen LogP contribution in [0, 0.1) is 5.92 Å². The minimum absolute atomic E-state index is 0.00184. The SMILES string of the molecule is CC(CO)C(C)NC(=O)c1nn[nH]n1. The summed E-state index contributed by atoms with van der Waals surface area (Å²) in [6.45, 7) is 3.66. The number of amides is 1. The number of hydrogen-bond acceptors (Lipinski definition) is 5. The number of aromatic amines is 1. The lowest BCUT2D eigenvalue weighted by Gasteiger charge is -2.17. The Morgan fingerprint density at radius 3 is 2.86 bits per heavy atom. The van der Waals surface area contributed by atoms with Crippen LogP contribution in [0.1, 0.15) is 24.5 Å². The normalized spacial score (nSPS) is 14.8. The van der Waals surface area contributed by atoms with Crippen molar-refractivity contribution in [3.05, 3.63) is 5.82 Å². The quantitative estimate of drug-likeness (QED) is 0.573. The molecule has 0 saturated heterocycles. The van der Waals surface area contributed by atoms with Crippen molar-refractivity contribution in [3.8, 4) is 0 Å². The van der Waals surface area contributed by atoms with E-state index in [9.17, 15) is 4.79 Å². The maximum atomic E-state index is 11.4. The van der Waals surface area contributed by atoms with Crippen LogP contribution in [-0.4, -0.2) is 44.3 Å². The molecule has 0 fully saturated rings. The number of tetrazole rings is 1. The molecule has 2 unspecified atom stereocenters. The van der Waals surface area contributed by atoms with Crippen LogP contribution in [0.4, 0.5) is 0 Å². The van der Waals surface area contributed by atoms with Crippen LogP contribution in [0.3, 0.4) is 0 Å². The van der Waals surface area contributed by atoms with Gasteiger partial charge in [0.1, 0.15) is 0 Å². The van der Waals surface area contributed by atoms with Crippen molar-refractivity contribution in [2.75, 3.05) is 6.61 Å². The zero-order valence-electron chi connectivity index (χ0n) is 8.06. The van der Waals surface area contributed by atoms with Gasteiger partial charge in [-0.3, -0.25) is 4.79 Å². The predicted molar refractivity (Wildman–Crippen MR) is 47.4 cm³/mol. The van der Waals surface area contributed by atoms with E-state index in [1.807, 2.05) is 6.92 Å². The van der Waals surface area contributed by atoms with Gasteiger partial charge in [0.2, 0.25) is 0 Å². The highest BCUT2D eigenvalue weighted by molar-refractivity contribution is 5.90. The lowest BCUT2D eigenvalue weighted by Crippen LogP contribution is -2.38. The third-order valence-electron chi connectivity index (χ3n) is 2.05. The standard InChI is InChI=1S/C7H13N5O2/c1-4(3-13)5(2)8-7(14)6-9-11-12-10-6/h4-5,13H,3H2,1-2H3,(H,8,14)(H,9,10,11,12). The van der Waals surface area contributed by atoms with Gasteiger partial charge in [-0.2, -0.15) is 5.21 Å². The van der Waals surface area contributed by atoms with Gasteiger partial charge in [0.15, 0.2) is 0 Å². The summed E-state index contributed by atoms with van der Waals surface area (Å²) in [5, 5.41) is 24.0. The summed E-state index contributed by atoms with van der Waals surface area (Å²) in [6.07, 6.45) is 0. The molecule has 0 aliphatic carbocycles. The molecule has 1 heterocycles.